The minimum Gasteiger partial charge on any atom is -0.345 e. The van der Waals surface area contributed by atoms with Crippen LogP contribution in [0.5, 0.6) is 0 Å². The molecule has 2 heteroatoms. The maximum Gasteiger partial charge on any atom is 0.0413 e. The Balaban J connectivity index is 2.26. The number of hydrogen-bond acceptors (Lipinski definition) is 2. The van der Waals surface area contributed by atoms with Gasteiger partial charge in [0.15, 0.2) is 0 Å². The van der Waals surface area contributed by atoms with E-state index in [0.29, 0.717) is 6.04 Å². The van der Waals surface area contributed by atoms with Crippen molar-refractivity contribution in [1.82, 2.24) is 5.32 Å². The average molecular weight is 268 g/mol. The predicted molar refractivity (Wildman–Crippen MR) is 87.9 cm³/mol. The molecule has 0 radical (unpaired) electrons. The number of aryl methyl sites for hydroxylation is 2. The second kappa shape index (κ2) is 6.10. The monoisotopic (exact) mass is 268 g/mol. The molecule has 0 aromatic heterocycles. The highest BCUT2D eigenvalue weighted by atomic mass is 15.1. The number of nitrogens with zero attached hydrogens (tertiary/aromatic N) is 1. The van der Waals surface area contributed by atoms with E-state index in [9.17, 15) is 0 Å². The highest BCUT2D eigenvalue weighted by Crippen LogP contribution is 2.26. The lowest BCUT2D eigenvalue weighted by molar-refractivity contribution is 0.652. The van der Waals surface area contributed by atoms with Gasteiger partial charge in [0, 0.05) is 24.5 Å². The maximum absolute atomic E-state index is 3.26. The lowest BCUT2D eigenvalue weighted by atomic mass is 10.1. The van der Waals surface area contributed by atoms with E-state index in [1.54, 1.807) is 0 Å². The van der Waals surface area contributed by atoms with Crippen LogP contribution in [-0.2, 0) is 0 Å². The summed E-state index contributed by atoms with van der Waals surface area (Å²) >= 11 is 0. The van der Waals surface area contributed by atoms with Crippen molar-refractivity contribution in [3.63, 3.8) is 0 Å². The first kappa shape index (κ1) is 14.6. The molecule has 2 aromatic carbocycles. The summed E-state index contributed by atoms with van der Waals surface area (Å²) in [5.74, 6) is 0. The molecule has 1 N–H and O–H groups in total. The molecule has 0 amide bonds. The van der Waals surface area contributed by atoms with Gasteiger partial charge in [-0.2, -0.15) is 0 Å². The fourth-order valence-corrected chi connectivity index (χ4v) is 2.45. The first-order valence-electron chi connectivity index (χ1n) is 7.10. The van der Waals surface area contributed by atoms with Crippen LogP contribution in [0.3, 0.4) is 0 Å². The highest BCUT2D eigenvalue weighted by molar-refractivity contribution is 5.64. The van der Waals surface area contributed by atoms with Crippen LogP contribution in [0, 0.1) is 13.8 Å². The SMILES string of the molecule is CNC(C)c1ccc(N(C)c2cc(C)cc(C)c2)cc1. The Kier molecular flexibility index (Phi) is 4.46. The summed E-state index contributed by atoms with van der Waals surface area (Å²) in [4.78, 5) is 2.23. The second-order valence-corrected chi connectivity index (χ2v) is 5.51. The molecular formula is C18H24N2. The smallest absolute Gasteiger partial charge is 0.0413 e. The first-order valence-corrected chi connectivity index (χ1v) is 7.10. The van der Waals surface area contributed by atoms with E-state index in [0.717, 1.165) is 0 Å². The van der Waals surface area contributed by atoms with Crippen LogP contribution < -0.4 is 10.2 Å². The summed E-state index contributed by atoms with van der Waals surface area (Å²) < 4.78 is 0. The van der Waals surface area contributed by atoms with E-state index in [2.05, 4.69) is 80.5 Å². The van der Waals surface area contributed by atoms with Crippen molar-refractivity contribution < 1.29 is 0 Å². The van der Waals surface area contributed by atoms with Crippen molar-refractivity contribution in [3.8, 4) is 0 Å². The van der Waals surface area contributed by atoms with Gasteiger partial charge in [0.25, 0.3) is 0 Å². The van der Waals surface area contributed by atoms with Gasteiger partial charge in [-0.05, 0) is 68.8 Å². The van der Waals surface area contributed by atoms with Crippen molar-refractivity contribution in [2.24, 2.45) is 0 Å². The fraction of sp³-hybridized carbons (Fsp3) is 0.333. The summed E-state index contributed by atoms with van der Waals surface area (Å²) in [6, 6.07) is 15.8. The van der Waals surface area contributed by atoms with Gasteiger partial charge in [-0.15, -0.1) is 0 Å². The summed E-state index contributed by atoms with van der Waals surface area (Å²) in [6.07, 6.45) is 0. The van der Waals surface area contributed by atoms with Crippen molar-refractivity contribution in [2.75, 3.05) is 19.0 Å². The Morgan fingerprint density at radius 1 is 0.900 bits per heavy atom. The zero-order valence-electron chi connectivity index (χ0n) is 13.1. The quantitative estimate of drug-likeness (QED) is 0.886. The van der Waals surface area contributed by atoms with Gasteiger partial charge in [-0.25, -0.2) is 0 Å². The van der Waals surface area contributed by atoms with Crippen LogP contribution in [0.4, 0.5) is 11.4 Å². The van der Waals surface area contributed by atoms with Crippen LogP contribution in [0.1, 0.15) is 29.7 Å². The van der Waals surface area contributed by atoms with E-state index in [-0.39, 0.29) is 0 Å². The molecule has 20 heavy (non-hydrogen) atoms. The minimum atomic E-state index is 0.385. The molecule has 0 aliphatic heterocycles. The molecule has 0 bridgehead atoms. The number of hydrogen-bond donors (Lipinski definition) is 1. The van der Waals surface area contributed by atoms with E-state index in [4.69, 9.17) is 0 Å². The topological polar surface area (TPSA) is 15.3 Å². The molecule has 0 aliphatic rings. The molecule has 0 heterocycles. The van der Waals surface area contributed by atoms with Gasteiger partial charge in [-0.1, -0.05) is 18.2 Å². The zero-order valence-corrected chi connectivity index (χ0v) is 13.1. The molecule has 1 unspecified atom stereocenters. The Morgan fingerprint density at radius 3 is 1.95 bits per heavy atom. The molecule has 2 nitrogen and oxygen atoms in total. The number of nitrogens with one attached hydrogen (secondary N) is 1. The van der Waals surface area contributed by atoms with Crippen LogP contribution in [-0.4, -0.2) is 14.1 Å². The number of anilines is 2. The number of rotatable bonds is 4. The third kappa shape index (κ3) is 3.20. The summed E-state index contributed by atoms with van der Waals surface area (Å²) in [7, 11) is 4.10. The molecule has 0 saturated carbocycles. The van der Waals surface area contributed by atoms with Gasteiger partial charge in [-0.3, -0.25) is 0 Å². The van der Waals surface area contributed by atoms with Gasteiger partial charge in [0.05, 0.1) is 0 Å². The van der Waals surface area contributed by atoms with Crippen molar-refractivity contribution in [1.29, 1.82) is 0 Å². The van der Waals surface area contributed by atoms with E-state index < -0.39 is 0 Å². The standard InChI is InChI=1S/C18H24N2/c1-13-10-14(2)12-18(11-13)20(5)17-8-6-16(7-9-17)15(3)19-4/h6-12,15,19H,1-5H3. The van der Waals surface area contributed by atoms with Crippen LogP contribution >= 0.6 is 0 Å². The molecule has 2 aromatic rings. The summed E-state index contributed by atoms with van der Waals surface area (Å²) in [5.41, 5.74) is 6.35. The number of benzene rings is 2. The Hall–Kier alpha value is -1.80. The predicted octanol–water partition coefficient (Wildman–Crippen LogP) is 4.35. The van der Waals surface area contributed by atoms with E-state index in [1.807, 2.05) is 7.05 Å². The molecule has 0 fully saturated rings. The minimum absolute atomic E-state index is 0.385. The lowest BCUT2D eigenvalue weighted by Gasteiger charge is -2.21. The molecule has 0 spiro atoms. The van der Waals surface area contributed by atoms with E-state index in [1.165, 1.54) is 28.1 Å². The average Bonchev–Trinajstić information content (AvgIpc) is 2.45. The van der Waals surface area contributed by atoms with Crippen LogP contribution in [0.25, 0.3) is 0 Å². The molecule has 0 aliphatic carbocycles. The lowest BCUT2D eigenvalue weighted by Crippen LogP contribution is -2.13. The molecule has 1 atom stereocenters. The van der Waals surface area contributed by atoms with Crippen molar-refractivity contribution >= 4 is 11.4 Å². The van der Waals surface area contributed by atoms with Gasteiger partial charge >= 0.3 is 0 Å². The molecule has 0 saturated heterocycles. The van der Waals surface area contributed by atoms with Gasteiger partial charge in [0.1, 0.15) is 0 Å². The normalized spacial score (nSPS) is 12.2. The molecular weight excluding hydrogens is 244 g/mol. The summed E-state index contributed by atoms with van der Waals surface area (Å²) in [5, 5.41) is 3.26. The molecule has 2 rings (SSSR count). The largest absolute Gasteiger partial charge is 0.345 e. The fourth-order valence-electron chi connectivity index (χ4n) is 2.45. The third-order valence-corrected chi connectivity index (χ3v) is 3.81. The van der Waals surface area contributed by atoms with Crippen molar-refractivity contribution in [3.05, 3.63) is 59.2 Å². The highest BCUT2D eigenvalue weighted by Gasteiger charge is 2.07. The Labute approximate surface area is 122 Å². The molecule has 106 valence electrons. The third-order valence-electron chi connectivity index (χ3n) is 3.81. The van der Waals surface area contributed by atoms with E-state index >= 15 is 0 Å². The maximum atomic E-state index is 3.26. The summed E-state index contributed by atoms with van der Waals surface area (Å²) in [6.45, 7) is 6.45. The Morgan fingerprint density at radius 2 is 1.45 bits per heavy atom. The van der Waals surface area contributed by atoms with Gasteiger partial charge in [0.2, 0.25) is 0 Å². The zero-order chi connectivity index (χ0) is 14.7. The van der Waals surface area contributed by atoms with Gasteiger partial charge < -0.3 is 10.2 Å². The van der Waals surface area contributed by atoms with Crippen molar-refractivity contribution in [2.45, 2.75) is 26.8 Å². The Bertz CT molecular complexity index is 552. The van der Waals surface area contributed by atoms with Crippen LogP contribution in [0.15, 0.2) is 42.5 Å². The first-order chi connectivity index (χ1) is 9.51. The second-order valence-electron chi connectivity index (χ2n) is 5.51. The van der Waals surface area contributed by atoms with Crippen LogP contribution in [0.2, 0.25) is 0 Å².